The van der Waals surface area contributed by atoms with Crippen LogP contribution in [0.25, 0.3) is 10.9 Å². The Morgan fingerprint density at radius 2 is 2.30 bits per heavy atom. The van der Waals surface area contributed by atoms with Crippen LogP contribution in [0.3, 0.4) is 0 Å². The number of unbranched alkanes of at least 4 members (excludes halogenated alkanes) is 1. The summed E-state index contributed by atoms with van der Waals surface area (Å²) in [5.74, 6) is 0.261. The molecule has 0 unspecified atom stereocenters. The number of aromatic amines is 1. The molecule has 1 aromatic heterocycles. The van der Waals surface area contributed by atoms with Gasteiger partial charge >= 0.3 is 0 Å². The first-order chi connectivity index (χ1) is 9.70. The molecule has 0 aliphatic carbocycles. The van der Waals surface area contributed by atoms with E-state index in [-0.39, 0.29) is 5.82 Å². The van der Waals surface area contributed by atoms with Gasteiger partial charge in [0.15, 0.2) is 5.96 Å². The summed E-state index contributed by atoms with van der Waals surface area (Å²) in [4.78, 5) is 7.36. The standard InChI is InChI=1S/C15H21FN4/c1-2-3-7-18-15(17)19-8-6-11-10-20-14-5-4-12(16)9-13(11)14/h4-5,9-10,20H,2-3,6-8H2,1H3,(H3,17,18,19). The summed E-state index contributed by atoms with van der Waals surface area (Å²) in [5.41, 5.74) is 7.79. The number of halogens is 1. The summed E-state index contributed by atoms with van der Waals surface area (Å²) >= 11 is 0. The zero-order chi connectivity index (χ0) is 14.4. The molecule has 20 heavy (non-hydrogen) atoms. The highest BCUT2D eigenvalue weighted by Gasteiger charge is 2.04. The SMILES string of the molecule is CCCCN=C(N)NCCc1c[nH]c2ccc(F)cc12. The predicted molar refractivity (Wildman–Crippen MR) is 81.4 cm³/mol. The van der Waals surface area contributed by atoms with E-state index in [0.29, 0.717) is 12.5 Å². The van der Waals surface area contributed by atoms with E-state index >= 15 is 0 Å². The number of hydrogen-bond acceptors (Lipinski definition) is 1. The van der Waals surface area contributed by atoms with Gasteiger partial charge in [-0.2, -0.15) is 0 Å². The van der Waals surface area contributed by atoms with Gasteiger partial charge in [-0.1, -0.05) is 13.3 Å². The average molecular weight is 276 g/mol. The number of nitrogens with zero attached hydrogens (tertiary/aromatic N) is 1. The highest BCUT2D eigenvalue weighted by atomic mass is 19.1. The Balaban J connectivity index is 1.90. The van der Waals surface area contributed by atoms with Gasteiger partial charge in [0.1, 0.15) is 5.82 Å². The number of H-pyrrole nitrogens is 1. The third-order valence-corrected chi connectivity index (χ3v) is 3.22. The number of aromatic nitrogens is 1. The second kappa shape index (κ2) is 6.93. The molecule has 0 spiro atoms. The molecular weight excluding hydrogens is 255 g/mol. The molecule has 0 amide bonds. The Hall–Kier alpha value is -2.04. The molecule has 1 aromatic carbocycles. The van der Waals surface area contributed by atoms with E-state index in [9.17, 15) is 4.39 Å². The lowest BCUT2D eigenvalue weighted by molar-refractivity contribution is 0.629. The Bertz CT molecular complexity index is 589. The fourth-order valence-electron chi connectivity index (χ4n) is 2.10. The Labute approximate surface area is 118 Å². The minimum Gasteiger partial charge on any atom is -0.370 e. The smallest absolute Gasteiger partial charge is 0.188 e. The molecule has 0 fully saturated rings. The zero-order valence-electron chi connectivity index (χ0n) is 11.7. The van der Waals surface area contributed by atoms with Crippen molar-refractivity contribution in [2.45, 2.75) is 26.2 Å². The average Bonchev–Trinajstić information content (AvgIpc) is 2.82. The third-order valence-electron chi connectivity index (χ3n) is 3.22. The summed E-state index contributed by atoms with van der Waals surface area (Å²) in [5, 5.41) is 4.00. The van der Waals surface area contributed by atoms with E-state index in [4.69, 9.17) is 5.73 Å². The lowest BCUT2D eigenvalue weighted by Crippen LogP contribution is -2.33. The summed E-state index contributed by atoms with van der Waals surface area (Å²) in [6.45, 7) is 3.56. The monoisotopic (exact) mass is 276 g/mol. The topological polar surface area (TPSA) is 66.2 Å². The van der Waals surface area contributed by atoms with Crippen molar-refractivity contribution in [1.82, 2.24) is 10.3 Å². The molecule has 4 nitrogen and oxygen atoms in total. The number of fused-ring (bicyclic) bond motifs is 1. The number of hydrogen-bond donors (Lipinski definition) is 3. The highest BCUT2D eigenvalue weighted by molar-refractivity contribution is 5.83. The van der Waals surface area contributed by atoms with Gasteiger partial charge in [0.25, 0.3) is 0 Å². The van der Waals surface area contributed by atoms with E-state index in [1.165, 1.54) is 6.07 Å². The number of rotatable bonds is 6. The normalized spacial score (nSPS) is 12.0. The molecule has 0 aliphatic heterocycles. The molecule has 2 rings (SSSR count). The molecule has 5 heteroatoms. The maximum absolute atomic E-state index is 13.2. The maximum Gasteiger partial charge on any atom is 0.188 e. The molecule has 0 radical (unpaired) electrons. The first kappa shape index (κ1) is 14.4. The maximum atomic E-state index is 13.2. The van der Waals surface area contributed by atoms with Gasteiger partial charge in [-0.05, 0) is 36.6 Å². The van der Waals surface area contributed by atoms with Crippen molar-refractivity contribution >= 4 is 16.9 Å². The number of aliphatic imine (C=N–C) groups is 1. The van der Waals surface area contributed by atoms with Gasteiger partial charge in [0.05, 0.1) is 0 Å². The van der Waals surface area contributed by atoms with Crippen LogP contribution in [0, 0.1) is 5.82 Å². The lowest BCUT2D eigenvalue weighted by atomic mass is 10.1. The van der Waals surface area contributed by atoms with Gasteiger partial charge in [-0.25, -0.2) is 4.39 Å². The van der Waals surface area contributed by atoms with Gasteiger partial charge in [0.2, 0.25) is 0 Å². The Morgan fingerprint density at radius 1 is 1.45 bits per heavy atom. The minimum absolute atomic E-state index is 0.216. The summed E-state index contributed by atoms with van der Waals surface area (Å²) < 4.78 is 13.2. The molecule has 0 aliphatic rings. The van der Waals surface area contributed by atoms with Crippen molar-refractivity contribution in [1.29, 1.82) is 0 Å². The van der Waals surface area contributed by atoms with Crippen molar-refractivity contribution in [3.63, 3.8) is 0 Å². The fourth-order valence-corrected chi connectivity index (χ4v) is 2.10. The van der Waals surface area contributed by atoms with E-state index in [2.05, 4.69) is 22.2 Å². The van der Waals surface area contributed by atoms with Crippen molar-refractivity contribution in [3.8, 4) is 0 Å². The van der Waals surface area contributed by atoms with Gasteiger partial charge in [-0.15, -0.1) is 0 Å². The Morgan fingerprint density at radius 3 is 3.10 bits per heavy atom. The van der Waals surface area contributed by atoms with Crippen LogP contribution in [0.5, 0.6) is 0 Å². The van der Waals surface area contributed by atoms with Crippen LogP contribution in [-0.2, 0) is 6.42 Å². The third kappa shape index (κ3) is 3.73. The number of nitrogens with two attached hydrogens (primary N) is 1. The number of guanidine groups is 1. The van der Waals surface area contributed by atoms with Crippen molar-refractivity contribution in [2.24, 2.45) is 10.7 Å². The molecule has 4 N–H and O–H groups in total. The van der Waals surface area contributed by atoms with Crippen LogP contribution in [0.4, 0.5) is 4.39 Å². The second-order valence-electron chi connectivity index (χ2n) is 4.80. The van der Waals surface area contributed by atoms with E-state index < -0.39 is 0 Å². The number of nitrogens with one attached hydrogen (secondary N) is 2. The van der Waals surface area contributed by atoms with Crippen molar-refractivity contribution in [3.05, 3.63) is 35.8 Å². The quantitative estimate of drug-likeness (QED) is 0.431. The summed E-state index contributed by atoms with van der Waals surface area (Å²) in [6, 6.07) is 4.77. The van der Waals surface area contributed by atoms with E-state index in [1.807, 2.05) is 6.20 Å². The van der Waals surface area contributed by atoms with Crippen molar-refractivity contribution in [2.75, 3.05) is 13.1 Å². The minimum atomic E-state index is -0.216. The fraction of sp³-hybridized carbons (Fsp3) is 0.400. The molecule has 2 aromatic rings. The zero-order valence-corrected chi connectivity index (χ0v) is 11.7. The largest absolute Gasteiger partial charge is 0.370 e. The molecule has 0 saturated heterocycles. The van der Waals surface area contributed by atoms with Gasteiger partial charge in [-0.3, -0.25) is 4.99 Å². The molecule has 108 valence electrons. The van der Waals surface area contributed by atoms with Crippen LogP contribution < -0.4 is 11.1 Å². The van der Waals surface area contributed by atoms with Gasteiger partial charge in [0, 0.05) is 30.2 Å². The Kier molecular flexibility index (Phi) is 4.98. The van der Waals surface area contributed by atoms with Crippen LogP contribution >= 0.6 is 0 Å². The van der Waals surface area contributed by atoms with Crippen LogP contribution in [0.15, 0.2) is 29.4 Å². The van der Waals surface area contributed by atoms with E-state index in [0.717, 1.165) is 42.3 Å². The predicted octanol–water partition coefficient (Wildman–Crippen LogP) is 2.55. The molecular formula is C15H21FN4. The van der Waals surface area contributed by atoms with Gasteiger partial charge < -0.3 is 16.0 Å². The molecule has 0 saturated carbocycles. The highest BCUT2D eigenvalue weighted by Crippen LogP contribution is 2.19. The first-order valence-electron chi connectivity index (χ1n) is 7.00. The van der Waals surface area contributed by atoms with Crippen LogP contribution in [0.2, 0.25) is 0 Å². The lowest BCUT2D eigenvalue weighted by Gasteiger charge is -2.05. The summed E-state index contributed by atoms with van der Waals surface area (Å²) in [7, 11) is 0. The van der Waals surface area contributed by atoms with Crippen molar-refractivity contribution < 1.29 is 4.39 Å². The molecule has 1 heterocycles. The van der Waals surface area contributed by atoms with Crippen LogP contribution in [-0.4, -0.2) is 24.0 Å². The molecule has 0 atom stereocenters. The number of benzene rings is 1. The second-order valence-corrected chi connectivity index (χ2v) is 4.80. The van der Waals surface area contributed by atoms with Crippen LogP contribution in [0.1, 0.15) is 25.3 Å². The molecule has 0 bridgehead atoms. The first-order valence-corrected chi connectivity index (χ1v) is 7.00. The summed E-state index contributed by atoms with van der Waals surface area (Å²) in [6.07, 6.45) is 4.84. The van der Waals surface area contributed by atoms with E-state index in [1.54, 1.807) is 12.1 Å².